The highest BCUT2D eigenvalue weighted by atomic mass is 32.2. The molecule has 2 aromatic rings. The van der Waals surface area contributed by atoms with Crippen LogP contribution in [-0.4, -0.2) is 54.0 Å². The van der Waals surface area contributed by atoms with E-state index < -0.39 is 10.0 Å². The molecule has 1 aromatic carbocycles. The molecule has 0 radical (unpaired) electrons. The van der Waals surface area contributed by atoms with Crippen LogP contribution in [0.1, 0.15) is 24.8 Å². The van der Waals surface area contributed by atoms with Crippen LogP contribution in [-0.2, 0) is 16.6 Å². The molecule has 0 saturated carbocycles. The van der Waals surface area contributed by atoms with Crippen LogP contribution in [0.25, 0.3) is 10.9 Å². The SMILES string of the molecule is O=S(=O)([C@H]1CCN(Cc2cccc3[nH]ccc23)C1)N1CCCC1. The number of rotatable bonds is 4. The molecule has 1 atom stereocenters. The molecule has 0 aliphatic carbocycles. The summed E-state index contributed by atoms with van der Waals surface area (Å²) in [5.41, 5.74) is 2.41. The Morgan fingerprint density at radius 1 is 1.13 bits per heavy atom. The van der Waals surface area contributed by atoms with E-state index >= 15 is 0 Å². The number of nitrogens with one attached hydrogen (secondary N) is 1. The summed E-state index contributed by atoms with van der Waals surface area (Å²) in [5.74, 6) is 0. The number of fused-ring (bicyclic) bond motifs is 1. The van der Waals surface area contributed by atoms with E-state index in [1.807, 2.05) is 6.20 Å². The van der Waals surface area contributed by atoms with Gasteiger partial charge in [-0.3, -0.25) is 4.90 Å². The fraction of sp³-hybridized carbons (Fsp3) is 0.529. The lowest BCUT2D eigenvalue weighted by molar-refractivity contribution is 0.331. The van der Waals surface area contributed by atoms with Gasteiger partial charge in [-0.2, -0.15) is 0 Å². The lowest BCUT2D eigenvalue weighted by Gasteiger charge is -2.21. The Kier molecular flexibility index (Phi) is 3.91. The van der Waals surface area contributed by atoms with Gasteiger partial charge in [-0.15, -0.1) is 0 Å². The van der Waals surface area contributed by atoms with Crippen LogP contribution in [0, 0.1) is 0 Å². The molecule has 1 aromatic heterocycles. The molecular formula is C17H23N3O2S. The molecule has 6 heteroatoms. The van der Waals surface area contributed by atoms with E-state index in [0.717, 1.165) is 37.9 Å². The molecule has 2 aliphatic heterocycles. The van der Waals surface area contributed by atoms with Gasteiger partial charge in [-0.05, 0) is 43.5 Å². The highest BCUT2D eigenvalue weighted by Crippen LogP contribution is 2.26. The van der Waals surface area contributed by atoms with Gasteiger partial charge in [0, 0.05) is 43.3 Å². The van der Waals surface area contributed by atoms with Crippen molar-refractivity contribution in [1.82, 2.24) is 14.2 Å². The van der Waals surface area contributed by atoms with Gasteiger partial charge in [0.25, 0.3) is 0 Å². The van der Waals surface area contributed by atoms with Gasteiger partial charge in [0.2, 0.25) is 10.0 Å². The van der Waals surface area contributed by atoms with Gasteiger partial charge >= 0.3 is 0 Å². The third kappa shape index (κ3) is 2.79. The lowest BCUT2D eigenvalue weighted by Crippen LogP contribution is -2.38. The van der Waals surface area contributed by atoms with Crippen molar-refractivity contribution >= 4 is 20.9 Å². The highest BCUT2D eigenvalue weighted by Gasteiger charge is 2.38. The van der Waals surface area contributed by atoms with E-state index in [1.54, 1.807) is 4.31 Å². The summed E-state index contributed by atoms with van der Waals surface area (Å²) in [5, 5.41) is 1.00. The number of nitrogens with zero attached hydrogens (tertiary/aromatic N) is 2. The molecule has 2 aliphatic rings. The van der Waals surface area contributed by atoms with E-state index in [9.17, 15) is 8.42 Å². The zero-order chi connectivity index (χ0) is 15.9. The molecule has 1 N–H and O–H groups in total. The minimum Gasteiger partial charge on any atom is -0.361 e. The second-order valence-electron chi connectivity index (χ2n) is 6.65. The fourth-order valence-electron chi connectivity index (χ4n) is 3.87. The average Bonchev–Trinajstić information content (AvgIpc) is 3.29. The predicted octanol–water partition coefficient (Wildman–Crippen LogP) is 2.17. The molecule has 2 fully saturated rings. The van der Waals surface area contributed by atoms with Crippen molar-refractivity contribution in [1.29, 1.82) is 0 Å². The average molecular weight is 333 g/mol. The molecule has 0 amide bonds. The Bertz CT molecular complexity index is 793. The molecule has 3 heterocycles. The first-order valence-corrected chi connectivity index (χ1v) is 9.91. The number of aromatic amines is 1. The van der Waals surface area contributed by atoms with Crippen molar-refractivity contribution in [3.05, 3.63) is 36.0 Å². The number of hydrogen-bond donors (Lipinski definition) is 1. The Balaban J connectivity index is 1.47. The standard InChI is InChI=1S/C17H23N3O2S/c21-23(22,20-9-1-2-10-20)15-7-11-19(13-15)12-14-4-3-5-17-16(14)6-8-18-17/h3-6,8,15,18H,1-2,7,9-13H2/t15-/m0/s1. The third-order valence-electron chi connectivity index (χ3n) is 5.15. The third-order valence-corrected chi connectivity index (χ3v) is 7.47. The predicted molar refractivity (Wildman–Crippen MR) is 91.7 cm³/mol. The quantitative estimate of drug-likeness (QED) is 0.933. The van der Waals surface area contributed by atoms with Gasteiger partial charge in [0.05, 0.1) is 5.25 Å². The Hall–Kier alpha value is -1.37. The minimum atomic E-state index is -3.11. The summed E-state index contributed by atoms with van der Waals surface area (Å²) in [6.45, 7) is 3.75. The van der Waals surface area contributed by atoms with Crippen molar-refractivity contribution in [2.75, 3.05) is 26.2 Å². The first kappa shape index (κ1) is 15.2. The minimum absolute atomic E-state index is 0.231. The normalized spacial score (nSPS) is 23.9. The summed E-state index contributed by atoms with van der Waals surface area (Å²) in [6.07, 6.45) is 4.72. The molecular weight excluding hydrogens is 310 g/mol. The van der Waals surface area contributed by atoms with Crippen LogP contribution in [0.2, 0.25) is 0 Å². The number of sulfonamides is 1. The van der Waals surface area contributed by atoms with Crippen LogP contribution >= 0.6 is 0 Å². The summed E-state index contributed by atoms with van der Waals surface area (Å²) < 4.78 is 27.1. The number of aromatic nitrogens is 1. The lowest BCUT2D eigenvalue weighted by atomic mass is 10.1. The number of hydrogen-bond acceptors (Lipinski definition) is 3. The van der Waals surface area contributed by atoms with E-state index in [2.05, 4.69) is 34.1 Å². The van der Waals surface area contributed by atoms with E-state index in [-0.39, 0.29) is 5.25 Å². The molecule has 124 valence electrons. The van der Waals surface area contributed by atoms with Crippen LogP contribution in [0.4, 0.5) is 0 Å². The first-order valence-electron chi connectivity index (χ1n) is 8.41. The van der Waals surface area contributed by atoms with Crippen molar-refractivity contribution < 1.29 is 8.42 Å². The van der Waals surface area contributed by atoms with Gasteiger partial charge in [0.1, 0.15) is 0 Å². The number of likely N-dealkylation sites (tertiary alicyclic amines) is 1. The maximum Gasteiger partial charge on any atom is 0.218 e. The molecule has 2 saturated heterocycles. The maximum absolute atomic E-state index is 12.7. The molecule has 0 unspecified atom stereocenters. The van der Waals surface area contributed by atoms with Crippen LogP contribution in [0.5, 0.6) is 0 Å². The maximum atomic E-state index is 12.7. The summed E-state index contributed by atoms with van der Waals surface area (Å²) >= 11 is 0. The zero-order valence-electron chi connectivity index (χ0n) is 13.2. The van der Waals surface area contributed by atoms with Crippen molar-refractivity contribution in [3.63, 3.8) is 0 Å². The molecule has 5 nitrogen and oxygen atoms in total. The molecule has 4 rings (SSSR count). The van der Waals surface area contributed by atoms with Crippen LogP contribution < -0.4 is 0 Å². The zero-order valence-corrected chi connectivity index (χ0v) is 14.1. The Labute approximate surface area is 137 Å². The van der Waals surface area contributed by atoms with Crippen LogP contribution in [0.3, 0.4) is 0 Å². The molecule has 23 heavy (non-hydrogen) atoms. The Morgan fingerprint density at radius 2 is 1.96 bits per heavy atom. The first-order chi connectivity index (χ1) is 11.1. The second-order valence-corrected chi connectivity index (χ2v) is 8.87. The monoisotopic (exact) mass is 333 g/mol. The summed E-state index contributed by atoms with van der Waals surface area (Å²) in [4.78, 5) is 5.51. The fourth-order valence-corrected chi connectivity index (χ4v) is 5.86. The largest absolute Gasteiger partial charge is 0.361 e. The van der Waals surface area contributed by atoms with Gasteiger partial charge in [-0.25, -0.2) is 12.7 Å². The summed E-state index contributed by atoms with van der Waals surface area (Å²) in [6, 6.07) is 8.36. The van der Waals surface area contributed by atoms with Gasteiger partial charge in [-0.1, -0.05) is 12.1 Å². The van der Waals surface area contributed by atoms with E-state index in [4.69, 9.17) is 0 Å². The molecule has 0 bridgehead atoms. The van der Waals surface area contributed by atoms with Gasteiger partial charge < -0.3 is 4.98 Å². The topological polar surface area (TPSA) is 56.4 Å². The van der Waals surface area contributed by atoms with Crippen LogP contribution in [0.15, 0.2) is 30.5 Å². The van der Waals surface area contributed by atoms with Crippen molar-refractivity contribution in [3.8, 4) is 0 Å². The number of benzene rings is 1. The summed E-state index contributed by atoms with van der Waals surface area (Å²) in [7, 11) is -3.11. The number of H-pyrrole nitrogens is 1. The Morgan fingerprint density at radius 3 is 2.78 bits per heavy atom. The smallest absolute Gasteiger partial charge is 0.218 e. The second kappa shape index (κ2) is 5.92. The van der Waals surface area contributed by atoms with E-state index in [0.29, 0.717) is 19.6 Å². The van der Waals surface area contributed by atoms with Gasteiger partial charge in [0.15, 0.2) is 0 Å². The highest BCUT2D eigenvalue weighted by molar-refractivity contribution is 7.89. The van der Waals surface area contributed by atoms with Crippen molar-refractivity contribution in [2.45, 2.75) is 31.1 Å². The van der Waals surface area contributed by atoms with E-state index in [1.165, 1.54) is 10.9 Å². The molecule has 0 spiro atoms. The van der Waals surface area contributed by atoms with Crippen molar-refractivity contribution in [2.24, 2.45) is 0 Å².